The summed E-state index contributed by atoms with van der Waals surface area (Å²) in [5.41, 5.74) is 0. The first kappa shape index (κ1) is 94.1. The van der Waals surface area contributed by atoms with Crippen LogP contribution in [0.2, 0.25) is 0 Å². The quantitative estimate of drug-likeness (QED) is 0.0222. The van der Waals surface area contributed by atoms with Crippen molar-refractivity contribution in [2.24, 2.45) is 11.8 Å². The van der Waals surface area contributed by atoms with Crippen LogP contribution in [-0.4, -0.2) is 96.7 Å². The number of phosphoric acid groups is 2. The summed E-state index contributed by atoms with van der Waals surface area (Å²) in [6.07, 6.45) is 56.7. The molecule has 0 radical (unpaired) electrons. The second-order valence-electron chi connectivity index (χ2n) is 28.5. The van der Waals surface area contributed by atoms with Crippen molar-refractivity contribution >= 4 is 39.5 Å². The van der Waals surface area contributed by atoms with Crippen molar-refractivity contribution in [3.8, 4) is 0 Å². The van der Waals surface area contributed by atoms with E-state index in [0.717, 1.165) is 102 Å². The van der Waals surface area contributed by atoms with Crippen molar-refractivity contribution < 1.29 is 80.2 Å². The van der Waals surface area contributed by atoms with Crippen molar-refractivity contribution in [3.05, 3.63) is 0 Å². The van der Waals surface area contributed by atoms with E-state index in [2.05, 4.69) is 41.5 Å². The first-order valence-corrected chi connectivity index (χ1v) is 43.0. The molecule has 0 aliphatic carbocycles. The van der Waals surface area contributed by atoms with Gasteiger partial charge in [0.15, 0.2) is 12.2 Å². The van der Waals surface area contributed by atoms with E-state index in [1.54, 1.807) is 0 Å². The summed E-state index contributed by atoms with van der Waals surface area (Å²) in [6.45, 7) is 9.64. The van der Waals surface area contributed by atoms with Crippen molar-refractivity contribution in [2.45, 2.75) is 419 Å². The molecular weight excluding hydrogens is 1260 g/mol. The van der Waals surface area contributed by atoms with Gasteiger partial charge >= 0.3 is 39.5 Å². The first-order valence-electron chi connectivity index (χ1n) is 40.0. The Labute approximate surface area is 588 Å². The summed E-state index contributed by atoms with van der Waals surface area (Å²) in [5, 5.41) is 10.6. The zero-order chi connectivity index (χ0) is 70.7. The van der Waals surface area contributed by atoms with Crippen molar-refractivity contribution in [3.63, 3.8) is 0 Å². The fourth-order valence-electron chi connectivity index (χ4n) is 11.8. The van der Waals surface area contributed by atoms with Gasteiger partial charge in [0, 0.05) is 25.7 Å². The van der Waals surface area contributed by atoms with Gasteiger partial charge in [-0.2, -0.15) is 0 Å². The number of carbonyl (C=O) groups is 4. The van der Waals surface area contributed by atoms with Crippen LogP contribution in [-0.2, 0) is 65.4 Å². The number of unbranched alkanes of at least 4 members (excludes halogenated alkanes) is 45. The van der Waals surface area contributed by atoms with Crippen LogP contribution in [0, 0.1) is 11.8 Å². The number of phosphoric ester groups is 2. The third-order valence-electron chi connectivity index (χ3n) is 18.3. The summed E-state index contributed by atoms with van der Waals surface area (Å²) >= 11 is 0. The zero-order valence-electron chi connectivity index (χ0n) is 62.7. The Morgan fingerprint density at radius 3 is 0.792 bits per heavy atom. The van der Waals surface area contributed by atoms with E-state index in [4.69, 9.17) is 37.0 Å². The summed E-state index contributed by atoms with van der Waals surface area (Å²) in [4.78, 5) is 72.9. The highest BCUT2D eigenvalue weighted by Crippen LogP contribution is 2.45. The molecule has 0 rings (SSSR count). The second-order valence-corrected chi connectivity index (χ2v) is 31.4. The molecule has 0 spiro atoms. The molecule has 570 valence electrons. The molecule has 0 bridgehead atoms. The fraction of sp³-hybridized carbons (Fsp3) is 0.948. The lowest BCUT2D eigenvalue weighted by atomic mass is 9.99. The Hall–Kier alpha value is -1.94. The third-order valence-corrected chi connectivity index (χ3v) is 20.2. The highest BCUT2D eigenvalue weighted by Gasteiger charge is 2.30. The summed E-state index contributed by atoms with van der Waals surface area (Å²) in [7, 11) is -9.91. The Balaban J connectivity index is 5.26. The van der Waals surface area contributed by atoms with Crippen LogP contribution in [0.5, 0.6) is 0 Å². The maximum Gasteiger partial charge on any atom is 0.472 e. The summed E-state index contributed by atoms with van der Waals surface area (Å²) < 4.78 is 68.6. The van der Waals surface area contributed by atoms with Crippen LogP contribution in [0.25, 0.3) is 0 Å². The standard InChI is InChI=1S/C77H150O17P2/c1-7-10-12-14-16-18-20-21-22-23-24-25-29-37-43-49-55-61-76(81)93-72(66-88-75(80)60-54-48-42-36-30-26-28-33-39-45-51-57-69(4)5)67-91-95(83,84)89-63-71(78)64-90-96(85,86)92-68-73(65-87-74(79)59-53-47-41-35-27-19-17-15-13-11-8-2)94-77(82)62-56-50-44-38-32-31-34-40-46-52-58-70(6)9-3/h69-73,78H,7-68H2,1-6H3,(H,83,84)(H,85,86)/t70?,71-,72-,73-/m1/s1. The first-order chi connectivity index (χ1) is 46.4. The largest absolute Gasteiger partial charge is 0.472 e. The molecule has 3 unspecified atom stereocenters. The monoisotopic (exact) mass is 1410 g/mol. The Morgan fingerprint density at radius 1 is 0.302 bits per heavy atom. The highest BCUT2D eigenvalue weighted by atomic mass is 31.2. The van der Waals surface area contributed by atoms with Crippen LogP contribution in [0.1, 0.15) is 401 Å². The number of carbonyl (C=O) groups excluding carboxylic acids is 4. The predicted octanol–water partition coefficient (Wildman–Crippen LogP) is 22.7. The molecule has 0 heterocycles. The molecule has 0 aromatic carbocycles. The van der Waals surface area contributed by atoms with E-state index in [1.807, 2.05) is 0 Å². The summed E-state index contributed by atoms with van der Waals surface area (Å²) in [6, 6.07) is 0. The average Bonchev–Trinajstić information content (AvgIpc) is 1.71. The molecule has 19 heteroatoms. The van der Waals surface area contributed by atoms with Gasteiger partial charge in [0.2, 0.25) is 0 Å². The molecule has 3 N–H and O–H groups in total. The number of esters is 4. The van der Waals surface area contributed by atoms with E-state index in [0.29, 0.717) is 25.7 Å². The van der Waals surface area contributed by atoms with Crippen LogP contribution in [0.3, 0.4) is 0 Å². The number of ether oxygens (including phenoxy) is 4. The van der Waals surface area contributed by atoms with Gasteiger partial charge in [-0.15, -0.1) is 0 Å². The molecule has 0 aromatic heterocycles. The third kappa shape index (κ3) is 69.2. The van der Waals surface area contributed by atoms with Crippen LogP contribution in [0.4, 0.5) is 0 Å². The molecule has 0 amide bonds. The molecule has 0 aromatic rings. The van der Waals surface area contributed by atoms with Crippen LogP contribution < -0.4 is 0 Å². The van der Waals surface area contributed by atoms with E-state index >= 15 is 0 Å². The van der Waals surface area contributed by atoms with Crippen molar-refractivity contribution in [1.29, 1.82) is 0 Å². The minimum absolute atomic E-state index is 0.107. The number of rotatable bonds is 76. The van der Waals surface area contributed by atoms with E-state index < -0.39 is 97.5 Å². The van der Waals surface area contributed by atoms with Gasteiger partial charge in [0.1, 0.15) is 19.3 Å². The minimum atomic E-state index is -4.96. The second kappa shape index (κ2) is 68.8. The molecule has 6 atom stereocenters. The SMILES string of the molecule is CCCCCCCCCCCCCCCCCCCC(=O)O[C@H](COC(=O)CCCCCCCCCCCCCC(C)C)COP(=O)(O)OC[C@@H](O)COP(=O)(O)OC[C@@H](COC(=O)CCCCCCCCCCCCC)OC(=O)CCCCCCCCCCCCC(C)CC. The Kier molecular flexibility index (Phi) is 67.4. The molecule has 0 aliphatic heterocycles. The normalized spacial score (nSPS) is 14.3. The van der Waals surface area contributed by atoms with Crippen molar-refractivity contribution in [2.75, 3.05) is 39.6 Å². The number of hydrogen-bond acceptors (Lipinski definition) is 15. The van der Waals surface area contributed by atoms with Crippen LogP contribution in [0.15, 0.2) is 0 Å². The van der Waals surface area contributed by atoms with Gasteiger partial charge in [-0.25, -0.2) is 9.13 Å². The Morgan fingerprint density at radius 2 is 0.531 bits per heavy atom. The minimum Gasteiger partial charge on any atom is -0.462 e. The van der Waals surface area contributed by atoms with Gasteiger partial charge in [-0.3, -0.25) is 37.3 Å². The van der Waals surface area contributed by atoms with E-state index in [1.165, 1.54) is 218 Å². The average molecular weight is 1410 g/mol. The zero-order valence-corrected chi connectivity index (χ0v) is 64.5. The maximum atomic E-state index is 13.1. The summed E-state index contributed by atoms with van der Waals surface area (Å²) in [5.74, 6) is -0.538. The maximum absolute atomic E-state index is 13.1. The molecule has 17 nitrogen and oxygen atoms in total. The van der Waals surface area contributed by atoms with Gasteiger partial charge in [0.05, 0.1) is 26.4 Å². The van der Waals surface area contributed by atoms with Gasteiger partial charge in [-0.1, -0.05) is 350 Å². The molecule has 0 aliphatic rings. The van der Waals surface area contributed by atoms with Gasteiger partial charge in [0.25, 0.3) is 0 Å². The van der Waals surface area contributed by atoms with Crippen LogP contribution >= 0.6 is 15.6 Å². The molecular formula is C77H150O17P2. The topological polar surface area (TPSA) is 237 Å². The Bertz CT molecular complexity index is 1860. The molecule has 96 heavy (non-hydrogen) atoms. The lowest BCUT2D eigenvalue weighted by Gasteiger charge is -2.21. The highest BCUT2D eigenvalue weighted by molar-refractivity contribution is 7.47. The predicted molar refractivity (Wildman–Crippen MR) is 391 cm³/mol. The number of aliphatic hydroxyl groups is 1. The lowest BCUT2D eigenvalue weighted by Crippen LogP contribution is -2.30. The van der Waals surface area contributed by atoms with Gasteiger partial charge in [-0.05, 0) is 37.5 Å². The number of aliphatic hydroxyl groups excluding tert-OH is 1. The fourth-order valence-corrected chi connectivity index (χ4v) is 13.4. The lowest BCUT2D eigenvalue weighted by molar-refractivity contribution is -0.161. The van der Waals surface area contributed by atoms with Gasteiger partial charge < -0.3 is 33.8 Å². The smallest absolute Gasteiger partial charge is 0.462 e. The molecule has 0 saturated carbocycles. The van der Waals surface area contributed by atoms with Crippen molar-refractivity contribution in [1.82, 2.24) is 0 Å². The molecule has 0 saturated heterocycles. The van der Waals surface area contributed by atoms with E-state index in [-0.39, 0.29) is 25.7 Å². The van der Waals surface area contributed by atoms with E-state index in [9.17, 15) is 43.2 Å². The molecule has 0 fully saturated rings. The number of hydrogen-bond donors (Lipinski definition) is 3.